The molecule has 0 bridgehead atoms. The summed E-state index contributed by atoms with van der Waals surface area (Å²) < 4.78 is 37.9. The van der Waals surface area contributed by atoms with Gasteiger partial charge in [-0.15, -0.1) is 0 Å². The maximum atomic E-state index is 13.4. The van der Waals surface area contributed by atoms with Crippen molar-refractivity contribution in [2.45, 2.75) is 25.8 Å². The second kappa shape index (κ2) is 8.36. The average molecular weight is 391 g/mol. The Hall–Kier alpha value is -2.32. The van der Waals surface area contributed by atoms with E-state index in [1.165, 1.54) is 12.1 Å². The zero-order chi connectivity index (χ0) is 19.5. The third kappa shape index (κ3) is 4.39. The smallest absolute Gasteiger partial charge is 0.226 e. The Labute approximate surface area is 162 Å². The first kappa shape index (κ1) is 19.0. The van der Waals surface area contributed by atoms with Crippen molar-refractivity contribution in [1.82, 2.24) is 14.8 Å². The van der Waals surface area contributed by atoms with Crippen molar-refractivity contribution >= 4 is 5.91 Å². The van der Waals surface area contributed by atoms with Gasteiger partial charge in [0.15, 0.2) is 0 Å². The zero-order valence-corrected chi connectivity index (χ0v) is 15.6. The van der Waals surface area contributed by atoms with Crippen molar-refractivity contribution in [1.29, 1.82) is 0 Å². The van der Waals surface area contributed by atoms with Gasteiger partial charge in [-0.3, -0.25) is 9.69 Å². The van der Waals surface area contributed by atoms with E-state index in [1.807, 2.05) is 0 Å². The molecule has 150 valence electrons. The predicted octanol–water partition coefficient (Wildman–Crippen LogP) is 2.62. The van der Waals surface area contributed by atoms with Crippen LogP contribution in [-0.4, -0.2) is 60.1 Å². The zero-order valence-electron chi connectivity index (χ0n) is 15.6. The highest BCUT2D eigenvalue weighted by atomic mass is 19.1. The Morgan fingerprint density at radius 1 is 1.11 bits per heavy atom. The quantitative estimate of drug-likeness (QED) is 0.784. The minimum Gasteiger partial charge on any atom is -0.441 e. The molecule has 0 unspecified atom stereocenters. The summed E-state index contributed by atoms with van der Waals surface area (Å²) in [6.45, 7) is 5.18. The lowest BCUT2D eigenvalue weighted by molar-refractivity contribution is -0.132. The summed E-state index contributed by atoms with van der Waals surface area (Å²) in [7, 11) is 0. The van der Waals surface area contributed by atoms with E-state index in [-0.39, 0.29) is 17.4 Å². The van der Waals surface area contributed by atoms with Crippen LogP contribution < -0.4 is 0 Å². The molecule has 0 saturated carbocycles. The number of hydrogen-bond acceptors (Lipinski definition) is 5. The van der Waals surface area contributed by atoms with Crippen molar-refractivity contribution in [3.05, 3.63) is 41.3 Å². The average Bonchev–Trinajstić information content (AvgIpc) is 3.11. The molecule has 8 heteroatoms. The lowest BCUT2D eigenvalue weighted by atomic mass is 10.1. The van der Waals surface area contributed by atoms with Crippen LogP contribution in [0.15, 0.2) is 22.6 Å². The number of oxazole rings is 1. The summed E-state index contributed by atoms with van der Waals surface area (Å²) >= 11 is 0. The first-order chi connectivity index (χ1) is 13.6. The molecule has 0 radical (unpaired) electrons. The van der Waals surface area contributed by atoms with E-state index in [9.17, 15) is 13.6 Å². The van der Waals surface area contributed by atoms with Gasteiger partial charge in [0.25, 0.3) is 0 Å². The molecule has 1 amide bonds. The molecule has 28 heavy (non-hydrogen) atoms. The highest BCUT2D eigenvalue weighted by molar-refractivity contribution is 5.76. The fourth-order valence-corrected chi connectivity index (χ4v) is 3.65. The Balaban J connectivity index is 1.35. The van der Waals surface area contributed by atoms with E-state index in [0.29, 0.717) is 37.4 Å². The number of nitrogens with zero attached hydrogens (tertiary/aromatic N) is 3. The van der Waals surface area contributed by atoms with E-state index in [1.54, 1.807) is 4.90 Å². The van der Waals surface area contributed by atoms with Gasteiger partial charge in [-0.25, -0.2) is 13.8 Å². The molecule has 0 N–H and O–H groups in total. The lowest BCUT2D eigenvalue weighted by Gasteiger charge is -2.28. The second-order valence-corrected chi connectivity index (χ2v) is 7.17. The maximum Gasteiger partial charge on any atom is 0.226 e. The van der Waals surface area contributed by atoms with Gasteiger partial charge in [-0.05, 0) is 25.1 Å². The van der Waals surface area contributed by atoms with Crippen LogP contribution in [0.1, 0.15) is 24.3 Å². The molecule has 0 atom stereocenters. The van der Waals surface area contributed by atoms with Crippen LogP contribution in [-0.2, 0) is 22.5 Å². The number of carbonyl (C=O) groups is 1. The topological polar surface area (TPSA) is 58.8 Å². The molecule has 4 rings (SSSR count). The number of ether oxygens (including phenoxy) is 1. The lowest BCUT2D eigenvalue weighted by Crippen LogP contribution is -2.38. The predicted molar refractivity (Wildman–Crippen MR) is 97.5 cm³/mol. The Kier molecular flexibility index (Phi) is 5.68. The number of carbonyl (C=O) groups excluding carboxylic acids is 1. The summed E-state index contributed by atoms with van der Waals surface area (Å²) in [5.41, 5.74) is 0.919. The van der Waals surface area contributed by atoms with E-state index in [0.717, 1.165) is 45.3 Å². The van der Waals surface area contributed by atoms with Crippen LogP contribution in [0.5, 0.6) is 0 Å². The number of amides is 1. The standard InChI is InChI=1S/C20H23F2N3O3/c21-15-10-14(11-16(22)12-15)20-23-17-13-25(5-3-18(17)28-20)19(26)2-1-4-24-6-8-27-9-7-24/h10-12H,1-9,13H2. The van der Waals surface area contributed by atoms with Crippen molar-refractivity contribution in [2.24, 2.45) is 0 Å². The summed E-state index contributed by atoms with van der Waals surface area (Å²) in [4.78, 5) is 21.0. The molecular formula is C20H23F2N3O3. The molecule has 3 heterocycles. The van der Waals surface area contributed by atoms with Gasteiger partial charge < -0.3 is 14.1 Å². The molecule has 6 nitrogen and oxygen atoms in total. The van der Waals surface area contributed by atoms with E-state index < -0.39 is 11.6 Å². The van der Waals surface area contributed by atoms with Crippen LogP contribution in [0.3, 0.4) is 0 Å². The van der Waals surface area contributed by atoms with Gasteiger partial charge in [0.1, 0.15) is 23.1 Å². The molecule has 1 aromatic heterocycles. The number of halogens is 2. The second-order valence-electron chi connectivity index (χ2n) is 7.17. The fourth-order valence-electron chi connectivity index (χ4n) is 3.65. The molecule has 1 saturated heterocycles. The monoisotopic (exact) mass is 391 g/mol. The molecule has 2 aliphatic heterocycles. The summed E-state index contributed by atoms with van der Waals surface area (Å²) in [5, 5.41) is 0. The number of aromatic nitrogens is 1. The van der Waals surface area contributed by atoms with Gasteiger partial charge >= 0.3 is 0 Å². The van der Waals surface area contributed by atoms with Crippen LogP contribution in [0.25, 0.3) is 11.5 Å². The maximum absolute atomic E-state index is 13.4. The van der Waals surface area contributed by atoms with Crippen molar-refractivity contribution < 1.29 is 22.7 Å². The highest BCUT2D eigenvalue weighted by Gasteiger charge is 2.26. The Bertz CT molecular complexity index is 829. The minimum absolute atomic E-state index is 0.0975. The SMILES string of the molecule is O=C(CCCN1CCOCC1)N1CCc2oc(-c3cc(F)cc(F)c3)nc2C1. The number of rotatable bonds is 5. The number of fused-ring (bicyclic) bond motifs is 1. The molecule has 2 aliphatic rings. The third-order valence-electron chi connectivity index (χ3n) is 5.16. The van der Waals surface area contributed by atoms with Crippen molar-refractivity contribution in [2.75, 3.05) is 39.4 Å². The number of morpholine rings is 1. The van der Waals surface area contributed by atoms with Crippen molar-refractivity contribution in [3.8, 4) is 11.5 Å². The molecule has 0 aliphatic carbocycles. The van der Waals surface area contributed by atoms with Crippen molar-refractivity contribution in [3.63, 3.8) is 0 Å². The molecule has 1 fully saturated rings. The number of hydrogen-bond donors (Lipinski definition) is 0. The number of benzene rings is 1. The van der Waals surface area contributed by atoms with E-state index in [4.69, 9.17) is 9.15 Å². The summed E-state index contributed by atoms with van der Waals surface area (Å²) in [6, 6.07) is 3.19. The van der Waals surface area contributed by atoms with Crippen LogP contribution in [0.4, 0.5) is 8.78 Å². The Morgan fingerprint density at radius 3 is 2.61 bits per heavy atom. The van der Waals surface area contributed by atoms with Gasteiger partial charge in [-0.2, -0.15) is 0 Å². The summed E-state index contributed by atoms with van der Waals surface area (Å²) in [6.07, 6.45) is 1.86. The van der Waals surface area contributed by atoms with Gasteiger partial charge in [0, 0.05) is 44.1 Å². The highest BCUT2D eigenvalue weighted by Crippen LogP contribution is 2.27. The molecule has 1 aromatic carbocycles. The minimum atomic E-state index is -0.678. The van der Waals surface area contributed by atoms with Crippen LogP contribution in [0.2, 0.25) is 0 Å². The van der Waals surface area contributed by atoms with E-state index >= 15 is 0 Å². The molecule has 0 spiro atoms. The molecule has 2 aromatic rings. The largest absolute Gasteiger partial charge is 0.441 e. The van der Waals surface area contributed by atoms with Gasteiger partial charge in [0.2, 0.25) is 11.8 Å². The first-order valence-corrected chi connectivity index (χ1v) is 9.61. The van der Waals surface area contributed by atoms with Crippen LogP contribution >= 0.6 is 0 Å². The molecular weight excluding hydrogens is 368 g/mol. The Morgan fingerprint density at radius 2 is 1.86 bits per heavy atom. The summed E-state index contributed by atoms with van der Waals surface area (Å²) in [5.74, 6) is -0.395. The van der Waals surface area contributed by atoms with Gasteiger partial charge in [-0.1, -0.05) is 0 Å². The van der Waals surface area contributed by atoms with Gasteiger partial charge in [0.05, 0.1) is 19.8 Å². The van der Waals surface area contributed by atoms with E-state index in [2.05, 4.69) is 9.88 Å². The third-order valence-corrected chi connectivity index (χ3v) is 5.16. The van der Waals surface area contributed by atoms with Crippen LogP contribution in [0, 0.1) is 11.6 Å². The first-order valence-electron chi connectivity index (χ1n) is 9.61. The fraction of sp³-hybridized carbons (Fsp3) is 0.500. The normalized spacial score (nSPS) is 17.6.